The van der Waals surface area contributed by atoms with Crippen LogP contribution >= 0.6 is 0 Å². The van der Waals surface area contributed by atoms with E-state index < -0.39 is 12.1 Å². The number of nitrogens with one attached hydrogen (secondary N) is 3. The maximum Gasteiger partial charge on any atom is 0.407 e. The fraction of sp³-hybridized carbons (Fsp3) is 0.444. The number of carbonyl (C=O) groups excluding carboxylic acids is 2. The van der Waals surface area contributed by atoms with Crippen molar-refractivity contribution >= 4 is 18.0 Å². The summed E-state index contributed by atoms with van der Waals surface area (Å²) >= 11 is 0. The minimum Gasteiger partial charge on any atom is -0.450 e. The molecule has 0 aliphatic heterocycles. The first-order valence-electron chi connectivity index (χ1n) is 5.08. The van der Waals surface area contributed by atoms with Gasteiger partial charge in [0.25, 0.3) is 0 Å². The molecule has 1 aromatic rings. The molecule has 0 bridgehead atoms. The molecule has 0 aliphatic carbocycles. The van der Waals surface area contributed by atoms with E-state index in [2.05, 4.69) is 30.4 Å². The van der Waals surface area contributed by atoms with Crippen molar-refractivity contribution in [3.8, 4) is 0 Å². The summed E-state index contributed by atoms with van der Waals surface area (Å²) in [5.74, 6) is 0.251. The fourth-order valence-corrected chi connectivity index (χ4v) is 0.959. The first-order valence-corrected chi connectivity index (χ1v) is 5.08. The monoisotopic (exact) mass is 242 g/mol. The lowest BCUT2D eigenvalue weighted by Gasteiger charge is -2.06. The highest BCUT2D eigenvalue weighted by atomic mass is 16.5. The predicted octanol–water partition coefficient (Wildman–Crippen LogP) is 0.542. The highest BCUT2D eigenvalue weighted by molar-refractivity contribution is 5.87. The molecule has 0 aliphatic rings. The molecule has 1 rings (SSSR count). The average Bonchev–Trinajstić information content (AvgIpc) is 2.77. The third-order valence-corrected chi connectivity index (χ3v) is 1.63. The molecule has 94 valence electrons. The van der Waals surface area contributed by atoms with Crippen molar-refractivity contribution in [2.24, 2.45) is 0 Å². The molecule has 0 atom stereocenters. The van der Waals surface area contributed by atoms with Crippen LogP contribution in [0.25, 0.3) is 0 Å². The Kier molecular flexibility index (Phi) is 5.35. The number of aromatic nitrogens is 1. The van der Waals surface area contributed by atoms with Crippen LogP contribution < -0.4 is 16.0 Å². The molecule has 3 amide bonds. The first-order chi connectivity index (χ1) is 8.22. The molecule has 3 N–H and O–H groups in total. The normalized spacial score (nSPS) is 9.47. The molecular weight excluding hydrogens is 228 g/mol. The molecule has 0 radical (unpaired) electrons. The number of urea groups is 1. The Bertz CT molecular complexity index is 352. The van der Waals surface area contributed by atoms with E-state index in [1.807, 2.05) is 0 Å². The van der Waals surface area contributed by atoms with Gasteiger partial charge in [0.05, 0.1) is 12.8 Å². The summed E-state index contributed by atoms with van der Waals surface area (Å²) < 4.78 is 9.30. The molecular formula is C9H14N4O4. The molecule has 0 aromatic carbocycles. The molecule has 8 nitrogen and oxygen atoms in total. The minimum absolute atomic E-state index is 0.251. The van der Waals surface area contributed by atoms with Gasteiger partial charge in [-0.3, -0.25) is 5.32 Å². The van der Waals surface area contributed by atoms with Crippen molar-refractivity contribution in [1.29, 1.82) is 0 Å². The number of rotatable bonds is 5. The van der Waals surface area contributed by atoms with E-state index in [0.29, 0.717) is 6.61 Å². The Morgan fingerprint density at radius 3 is 2.82 bits per heavy atom. The highest BCUT2D eigenvalue weighted by Crippen LogP contribution is 2.01. The summed E-state index contributed by atoms with van der Waals surface area (Å²) in [4.78, 5) is 22.1. The molecule has 0 spiro atoms. The number of hydrogen-bond acceptors (Lipinski definition) is 5. The topological polar surface area (TPSA) is 105 Å². The number of alkyl carbamates (subject to hydrolysis) is 1. The van der Waals surface area contributed by atoms with Crippen molar-refractivity contribution in [2.75, 3.05) is 25.0 Å². The van der Waals surface area contributed by atoms with Crippen molar-refractivity contribution in [3.63, 3.8) is 0 Å². The molecule has 0 saturated heterocycles. The SMILES string of the molecule is CCOC(=O)NCCNC(=O)Nc1ccno1. The number of hydrogen-bond donors (Lipinski definition) is 3. The standard InChI is InChI=1S/C9H14N4O4/c1-2-16-9(15)11-6-5-10-8(14)13-7-3-4-12-17-7/h3-4H,2,5-6H2,1H3,(H,11,15)(H2,10,13,14). The maximum absolute atomic E-state index is 11.2. The molecule has 0 fully saturated rings. The number of nitrogens with zero attached hydrogens (tertiary/aromatic N) is 1. The van der Waals surface area contributed by atoms with Crippen LogP contribution in [-0.2, 0) is 4.74 Å². The maximum atomic E-state index is 11.2. The van der Waals surface area contributed by atoms with Gasteiger partial charge in [-0.25, -0.2) is 9.59 Å². The zero-order valence-corrected chi connectivity index (χ0v) is 9.36. The summed E-state index contributed by atoms with van der Waals surface area (Å²) in [5.41, 5.74) is 0. The Morgan fingerprint density at radius 2 is 2.18 bits per heavy atom. The second-order valence-corrected chi connectivity index (χ2v) is 2.90. The van der Waals surface area contributed by atoms with Crippen LogP contribution in [0.3, 0.4) is 0 Å². The molecule has 8 heteroatoms. The summed E-state index contributed by atoms with van der Waals surface area (Å²) in [7, 11) is 0. The summed E-state index contributed by atoms with van der Waals surface area (Å²) in [6.07, 6.45) is 0.905. The summed E-state index contributed by atoms with van der Waals surface area (Å²) in [6, 6.07) is 1.07. The van der Waals surface area contributed by atoms with Gasteiger partial charge in [0, 0.05) is 19.2 Å². The lowest BCUT2D eigenvalue weighted by molar-refractivity contribution is 0.152. The molecule has 17 heavy (non-hydrogen) atoms. The van der Waals surface area contributed by atoms with E-state index in [4.69, 9.17) is 0 Å². The second-order valence-electron chi connectivity index (χ2n) is 2.90. The third kappa shape index (κ3) is 5.40. The molecule has 0 saturated carbocycles. The van der Waals surface area contributed by atoms with E-state index >= 15 is 0 Å². The largest absolute Gasteiger partial charge is 0.450 e. The van der Waals surface area contributed by atoms with E-state index in [1.54, 1.807) is 6.92 Å². The highest BCUT2D eigenvalue weighted by Gasteiger charge is 2.04. The number of anilines is 1. The third-order valence-electron chi connectivity index (χ3n) is 1.63. The van der Waals surface area contributed by atoms with Gasteiger partial charge in [-0.1, -0.05) is 5.16 Å². The van der Waals surface area contributed by atoms with Gasteiger partial charge >= 0.3 is 12.1 Å². The predicted molar refractivity (Wildman–Crippen MR) is 58.5 cm³/mol. The van der Waals surface area contributed by atoms with Crippen molar-refractivity contribution < 1.29 is 18.8 Å². The summed E-state index contributed by atoms with van der Waals surface area (Å²) in [6.45, 7) is 2.58. The number of carbonyl (C=O) groups is 2. The van der Waals surface area contributed by atoms with Gasteiger partial charge in [0.15, 0.2) is 0 Å². The van der Waals surface area contributed by atoms with Crippen molar-refractivity contribution in [3.05, 3.63) is 12.3 Å². The number of ether oxygens (including phenoxy) is 1. The zero-order chi connectivity index (χ0) is 12.5. The quantitative estimate of drug-likeness (QED) is 0.653. The fourth-order valence-electron chi connectivity index (χ4n) is 0.959. The molecule has 0 unspecified atom stereocenters. The van der Waals surface area contributed by atoms with E-state index in [0.717, 1.165) is 0 Å². The Labute approximate surface area is 97.7 Å². The lowest BCUT2D eigenvalue weighted by Crippen LogP contribution is -2.36. The van der Waals surface area contributed by atoms with Gasteiger partial charge in [-0.05, 0) is 6.92 Å². The second kappa shape index (κ2) is 7.09. The Hall–Kier alpha value is -2.25. The summed E-state index contributed by atoms with van der Waals surface area (Å²) in [5, 5.41) is 10.8. The first kappa shape index (κ1) is 12.8. The van der Waals surface area contributed by atoms with Crippen LogP contribution in [0.1, 0.15) is 6.92 Å². The van der Waals surface area contributed by atoms with E-state index in [9.17, 15) is 9.59 Å². The van der Waals surface area contributed by atoms with Crippen molar-refractivity contribution in [2.45, 2.75) is 6.92 Å². The van der Waals surface area contributed by atoms with Gasteiger partial charge in [0.2, 0.25) is 5.88 Å². The van der Waals surface area contributed by atoms with Crippen molar-refractivity contribution in [1.82, 2.24) is 15.8 Å². The van der Waals surface area contributed by atoms with Gasteiger partial charge in [-0.15, -0.1) is 0 Å². The van der Waals surface area contributed by atoms with Crippen LogP contribution in [0, 0.1) is 0 Å². The van der Waals surface area contributed by atoms with Crippen LogP contribution in [0.5, 0.6) is 0 Å². The Balaban J connectivity index is 2.06. The average molecular weight is 242 g/mol. The smallest absolute Gasteiger partial charge is 0.407 e. The van der Waals surface area contributed by atoms with Crippen LogP contribution in [0.4, 0.5) is 15.5 Å². The van der Waals surface area contributed by atoms with E-state index in [1.165, 1.54) is 12.3 Å². The van der Waals surface area contributed by atoms with Gasteiger partial charge in [0.1, 0.15) is 0 Å². The Morgan fingerprint density at radius 1 is 1.41 bits per heavy atom. The number of amides is 3. The van der Waals surface area contributed by atoms with Crippen LogP contribution in [-0.4, -0.2) is 37.0 Å². The molecule has 1 aromatic heterocycles. The van der Waals surface area contributed by atoms with E-state index in [-0.39, 0.29) is 19.0 Å². The van der Waals surface area contributed by atoms with Gasteiger partial charge < -0.3 is 19.9 Å². The van der Waals surface area contributed by atoms with Crippen LogP contribution in [0.2, 0.25) is 0 Å². The zero-order valence-electron chi connectivity index (χ0n) is 9.36. The molecule has 1 heterocycles. The van der Waals surface area contributed by atoms with Crippen LogP contribution in [0.15, 0.2) is 16.8 Å². The minimum atomic E-state index is -0.509. The lowest BCUT2D eigenvalue weighted by atomic mass is 10.6. The van der Waals surface area contributed by atoms with Gasteiger partial charge in [-0.2, -0.15) is 0 Å².